The minimum absolute atomic E-state index is 0.226. The molecule has 26 heavy (non-hydrogen) atoms. The number of anilines is 1. The minimum Gasteiger partial charge on any atom is -0.495 e. The van der Waals surface area contributed by atoms with E-state index in [0.29, 0.717) is 22.9 Å². The van der Waals surface area contributed by atoms with Crippen LogP contribution in [0.4, 0.5) is 5.69 Å². The van der Waals surface area contributed by atoms with Gasteiger partial charge in [-0.25, -0.2) is 4.98 Å². The zero-order valence-corrected chi connectivity index (χ0v) is 14.2. The van der Waals surface area contributed by atoms with Crippen molar-refractivity contribution in [2.75, 3.05) is 12.4 Å². The fourth-order valence-electron chi connectivity index (χ4n) is 2.99. The van der Waals surface area contributed by atoms with E-state index in [1.807, 2.05) is 77.4 Å². The molecule has 5 nitrogen and oxygen atoms in total. The van der Waals surface area contributed by atoms with Crippen molar-refractivity contribution in [2.24, 2.45) is 0 Å². The van der Waals surface area contributed by atoms with Crippen molar-refractivity contribution in [3.63, 3.8) is 0 Å². The molecule has 0 aliphatic heterocycles. The fourth-order valence-corrected chi connectivity index (χ4v) is 2.99. The lowest BCUT2D eigenvalue weighted by Gasteiger charge is -2.12. The lowest BCUT2D eigenvalue weighted by molar-refractivity contribution is 0.102. The van der Waals surface area contributed by atoms with E-state index >= 15 is 0 Å². The molecule has 4 aromatic rings. The smallest absolute Gasteiger partial charge is 0.272 e. The number of benzene rings is 2. The van der Waals surface area contributed by atoms with Crippen LogP contribution in [-0.2, 0) is 0 Å². The normalized spacial score (nSPS) is 10.7. The summed E-state index contributed by atoms with van der Waals surface area (Å²) in [5.74, 6) is 1.08. The molecule has 0 bridgehead atoms. The summed E-state index contributed by atoms with van der Waals surface area (Å²) in [4.78, 5) is 17.4. The SMILES string of the molecule is COc1ccccc1NC(=O)c1cc2ccccc2n1-c1ccccn1. The number of amides is 1. The molecule has 0 saturated carbocycles. The van der Waals surface area contributed by atoms with Crippen LogP contribution in [-0.4, -0.2) is 22.6 Å². The van der Waals surface area contributed by atoms with Gasteiger partial charge in [-0.2, -0.15) is 0 Å². The molecule has 128 valence electrons. The molecule has 0 saturated heterocycles. The quantitative estimate of drug-likeness (QED) is 0.601. The molecule has 0 aliphatic rings. The Morgan fingerprint density at radius 2 is 1.77 bits per heavy atom. The molecule has 2 aromatic carbocycles. The highest BCUT2D eigenvalue weighted by Crippen LogP contribution is 2.27. The molecule has 0 atom stereocenters. The van der Waals surface area contributed by atoms with Crippen LogP contribution >= 0.6 is 0 Å². The third kappa shape index (κ3) is 2.80. The summed E-state index contributed by atoms with van der Waals surface area (Å²) in [6, 6.07) is 22.7. The standard InChI is InChI=1S/C21H17N3O2/c1-26-19-11-5-3-9-16(19)23-21(25)18-14-15-8-2-4-10-17(15)24(18)20-12-6-7-13-22-20/h2-14H,1H3,(H,23,25). The predicted octanol–water partition coefficient (Wildman–Crippen LogP) is 4.29. The summed E-state index contributed by atoms with van der Waals surface area (Å²) in [6.07, 6.45) is 1.71. The molecule has 0 radical (unpaired) electrons. The number of hydrogen-bond donors (Lipinski definition) is 1. The maximum atomic E-state index is 13.0. The van der Waals surface area contributed by atoms with Crippen molar-refractivity contribution in [3.05, 3.63) is 84.7 Å². The molecular formula is C21H17N3O2. The van der Waals surface area contributed by atoms with E-state index in [1.165, 1.54) is 0 Å². The van der Waals surface area contributed by atoms with Crippen LogP contribution in [0.25, 0.3) is 16.7 Å². The van der Waals surface area contributed by atoms with Crippen LogP contribution in [0.2, 0.25) is 0 Å². The van der Waals surface area contributed by atoms with Crippen molar-refractivity contribution < 1.29 is 9.53 Å². The van der Waals surface area contributed by atoms with Crippen LogP contribution < -0.4 is 10.1 Å². The van der Waals surface area contributed by atoms with Crippen LogP contribution in [0.15, 0.2) is 79.0 Å². The third-order valence-electron chi connectivity index (χ3n) is 4.18. The van der Waals surface area contributed by atoms with E-state index in [0.717, 1.165) is 10.9 Å². The average molecular weight is 343 g/mol. The zero-order valence-electron chi connectivity index (χ0n) is 14.2. The molecule has 5 heteroatoms. The summed E-state index contributed by atoms with van der Waals surface area (Å²) >= 11 is 0. The number of aromatic nitrogens is 2. The number of carbonyl (C=O) groups excluding carboxylic acids is 1. The van der Waals surface area contributed by atoms with Crippen molar-refractivity contribution in [1.82, 2.24) is 9.55 Å². The molecule has 2 aromatic heterocycles. The van der Waals surface area contributed by atoms with Gasteiger partial charge in [0, 0.05) is 11.6 Å². The van der Waals surface area contributed by atoms with Crippen molar-refractivity contribution >= 4 is 22.5 Å². The van der Waals surface area contributed by atoms with E-state index in [-0.39, 0.29) is 5.91 Å². The van der Waals surface area contributed by atoms with Crippen LogP contribution in [0.5, 0.6) is 5.75 Å². The summed E-state index contributed by atoms with van der Waals surface area (Å²) in [7, 11) is 1.58. The molecule has 4 rings (SSSR count). The van der Waals surface area contributed by atoms with E-state index in [1.54, 1.807) is 13.3 Å². The second-order valence-corrected chi connectivity index (χ2v) is 5.77. The first-order chi connectivity index (χ1) is 12.8. The van der Waals surface area contributed by atoms with Crippen molar-refractivity contribution in [1.29, 1.82) is 0 Å². The van der Waals surface area contributed by atoms with Gasteiger partial charge in [-0.1, -0.05) is 36.4 Å². The summed E-state index contributed by atoms with van der Waals surface area (Å²) < 4.78 is 7.18. The molecule has 1 amide bonds. The number of fused-ring (bicyclic) bond motifs is 1. The Morgan fingerprint density at radius 1 is 1.00 bits per heavy atom. The van der Waals surface area contributed by atoms with Gasteiger partial charge in [0.05, 0.1) is 18.3 Å². The molecule has 0 spiro atoms. The summed E-state index contributed by atoms with van der Waals surface area (Å²) in [5, 5.41) is 3.91. The Morgan fingerprint density at radius 3 is 2.58 bits per heavy atom. The number of pyridine rings is 1. The number of hydrogen-bond acceptors (Lipinski definition) is 3. The zero-order chi connectivity index (χ0) is 17.9. The first kappa shape index (κ1) is 15.9. The highest BCUT2D eigenvalue weighted by atomic mass is 16.5. The Bertz CT molecular complexity index is 1070. The van der Waals surface area contributed by atoms with Gasteiger partial charge in [-0.05, 0) is 36.4 Å². The van der Waals surface area contributed by atoms with Crippen LogP contribution in [0.1, 0.15) is 10.5 Å². The van der Waals surface area contributed by atoms with E-state index < -0.39 is 0 Å². The number of ether oxygens (including phenoxy) is 1. The highest BCUT2D eigenvalue weighted by Gasteiger charge is 2.18. The fraction of sp³-hybridized carbons (Fsp3) is 0.0476. The first-order valence-electron chi connectivity index (χ1n) is 8.24. The van der Waals surface area contributed by atoms with Gasteiger partial charge in [0.2, 0.25) is 0 Å². The largest absolute Gasteiger partial charge is 0.495 e. The summed E-state index contributed by atoms with van der Waals surface area (Å²) in [6.45, 7) is 0. The lowest BCUT2D eigenvalue weighted by atomic mass is 10.2. The molecule has 0 aliphatic carbocycles. The lowest BCUT2D eigenvalue weighted by Crippen LogP contribution is -2.17. The van der Waals surface area contributed by atoms with Crippen LogP contribution in [0, 0.1) is 0 Å². The maximum Gasteiger partial charge on any atom is 0.272 e. The van der Waals surface area contributed by atoms with Crippen LogP contribution in [0.3, 0.4) is 0 Å². The van der Waals surface area contributed by atoms with Gasteiger partial charge in [0.1, 0.15) is 17.3 Å². The number of nitrogens with zero attached hydrogens (tertiary/aromatic N) is 2. The minimum atomic E-state index is -0.226. The highest BCUT2D eigenvalue weighted by molar-refractivity contribution is 6.07. The predicted molar refractivity (Wildman–Crippen MR) is 102 cm³/mol. The first-order valence-corrected chi connectivity index (χ1v) is 8.24. The Labute approximate surface area is 150 Å². The monoisotopic (exact) mass is 343 g/mol. The molecule has 0 unspecified atom stereocenters. The second-order valence-electron chi connectivity index (χ2n) is 5.77. The molecule has 1 N–H and O–H groups in total. The maximum absolute atomic E-state index is 13.0. The van der Waals surface area contributed by atoms with Gasteiger partial charge in [-0.15, -0.1) is 0 Å². The number of methoxy groups -OCH3 is 1. The van der Waals surface area contributed by atoms with Gasteiger partial charge in [0.25, 0.3) is 5.91 Å². The number of carbonyl (C=O) groups is 1. The second kappa shape index (κ2) is 6.72. The third-order valence-corrected chi connectivity index (χ3v) is 4.18. The Hall–Kier alpha value is -3.60. The molecule has 0 fully saturated rings. The number of para-hydroxylation sites is 3. The van der Waals surface area contributed by atoms with E-state index in [9.17, 15) is 4.79 Å². The Kier molecular flexibility index (Phi) is 4.11. The van der Waals surface area contributed by atoms with Gasteiger partial charge >= 0.3 is 0 Å². The molecular weight excluding hydrogens is 326 g/mol. The van der Waals surface area contributed by atoms with Gasteiger partial charge in [-0.3, -0.25) is 9.36 Å². The number of nitrogens with one attached hydrogen (secondary N) is 1. The average Bonchev–Trinajstić information content (AvgIpc) is 3.09. The van der Waals surface area contributed by atoms with Crippen molar-refractivity contribution in [3.8, 4) is 11.6 Å². The topological polar surface area (TPSA) is 56.1 Å². The van der Waals surface area contributed by atoms with Gasteiger partial charge in [0.15, 0.2) is 0 Å². The van der Waals surface area contributed by atoms with E-state index in [2.05, 4.69) is 10.3 Å². The van der Waals surface area contributed by atoms with Gasteiger partial charge < -0.3 is 10.1 Å². The van der Waals surface area contributed by atoms with Crippen molar-refractivity contribution in [2.45, 2.75) is 0 Å². The van der Waals surface area contributed by atoms with E-state index in [4.69, 9.17) is 4.74 Å². The Balaban J connectivity index is 1.82. The number of rotatable bonds is 4. The molecule has 2 heterocycles. The summed E-state index contributed by atoms with van der Waals surface area (Å²) in [5.41, 5.74) is 2.06.